The number of benzene rings is 2. The van der Waals surface area contributed by atoms with Gasteiger partial charge in [0.05, 0.1) is 11.6 Å². The van der Waals surface area contributed by atoms with Crippen molar-refractivity contribution in [3.63, 3.8) is 0 Å². The van der Waals surface area contributed by atoms with Gasteiger partial charge in [-0.05, 0) is 35.4 Å². The Hall–Kier alpha value is -3.20. The van der Waals surface area contributed by atoms with Crippen LogP contribution >= 0.6 is 0 Å². The molecule has 0 aliphatic carbocycles. The zero-order chi connectivity index (χ0) is 15.7. The summed E-state index contributed by atoms with van der Waals surface area (Å²) in [5.74, 6) is -0.734. The van der Waals surface area contributed by atoms with Gasteiger partial charge in [0.15, 0.2) is 12.0 Å². The molecule has 3 rings (SSSR count). The monoisotopic (exact) mass is 294 g/mol. The molecular formula is C16H11FN4O. The Balaban J connectivity index is 2.07. The molecule has 1 amide bonds. The highest BCUT2D eigenvalue weighted by molar-refractivity contribution is 6.04. The number of guanidine groups is 1. The summed E-state index contributed by atoms with van der Waals surface area (Å²) >= 11 is 0. The zero-order valence-corrected chi connectivity index (χ0v) is 11.4. The number of rotatable bonds is 2. The largest absolute Gasteiger partial charge is 0.370 e. The van der Waals surface area contributed by atoms with E-state index in [0.29, 0.717) is 22.3 Å². The van der Waals surface area contributed by atoms with Crippen molar-refractivity contribution in [2.45, 2.75) is 6.04 Å². The SMILES string of the molecule is N#Cc1cccc(-c2cc(C3N=C(N)NC3=O)ccc2F)c1. The first kappa shape index (κ1) is 13.8. The van der Waals surface area contributed by atoms with E-state index < -0.39 is 11.9 Å². The van der Waals surface area contributed by atoms with Crippen LogP contribution in [0.5, 0.6) is 0 Å². The highest BCUT2D eigenvalue weighted by atomic mass is 19.1. The Bertz CT molecular complexity index is 838. The van der Waals surface area contributed by atoms with Gasteiger partial charge < -0.3 is 5.73 Å². The van der Waals surface area contributed by atoms with Gasteiger partial charge in [0.2, 0.25) is 0 Å². The lowest BCUT2D eigenvalue weighted by molar-refractivity contribution is -0.120. The Kier molecular flexibility index (Phi) is 3.31. The summed E-state index contributed by atoms with van der Waals surface area (Å²) in [6.45, 7) is 0. The number of carbonyl (C=O) groups excluding carboxylic acids is 1. The highest BCUT2D eigenvalue weighted by Gasteiger charge is 2.27. The molecule has 2 aromatic rings. The first-order chi connectivity index (χ1) is 10.6. The number of carbonyl (C=O) groups is 1. The van der Waals surface area contributed by atoms with Crippen LogP contribution in [0.3, 0.4) is 0 Å². The number of aliphatic imine (C=N–C) groups is 1. The fourth-order valence-electron chi connectivity index (χ4n) is 2.34. The van der Waals surface area contributed by atoms with Crippen molar-refractivity contribution in [1.82, 2.24) is 5.32 Å². The summed E-state index contributed by atoms with van der Waals surface area (Å²) in [4.78, 5) is 15.8. The van der Waals surface area contributed by atoms with E-state index >= 15 is 0 Å². The zero-order valence-electron chi connectivity index (χ0n) is 11.4. The number of nitrogens with two attached hydrogens (primary N) is 1. The van der Waals surface area contributed by atoms with Gasteiger partial charge in [0, 0.05) is 5.56 Å². The Morgan fingerprint density at radius 3 is 2.77 bits per heavy atom. The number of nitrogens with zero attached hydrogens (tertiary/aromatic N) is 2. The van der Waals surface area contributed by atoms with Gasteiger partial charge in [0.1, 0.15) is 5.82 Å². The van der Waals surface area contributed by atoms with Crippen LogP contribution in [0.15, 0.2) is 47.5 Å². The average molecular weight is 294 g/mol. The molecule has 0 saturated carbocycles. The standard InChI is InChI=1S/C16H11FN4O/c17-13-5-4-11(14-15(22)21-16(19)20-14)7-12(13)10-3-1-2-9(6-10)8-18/h1-7,14H,(H3,19,20,21,22). The quantitative estimate of drug-likeness (QED) is 0.885. The van der Waals surface area contributed by atoms with E-state index in [1.165, 1.54) is 12.1 Å². The van der Waals surface area contributed by atoms with Crippen LogP contribution in [0.2, 0.25) is 0 Å². The van der Waals surface area contributed by atoms with Gasteiger partial charge >= 0.3 is 0 Å². The molecule has 5 nitrogen and oxygen atoms in total. The normalized spacial score (nSPS) is 16.8. The third-order valence-electron chi connectivity index (χ3n) is 3.38. The predicted molar refractivity (Wildman–Crippen MR) is 79.1 cm³/mol. The van der Waals surface area contributed by atoms with Crippen LogP contribution in [0, 0.1) is 17.1 Å². The van der Waals surface area contributed by atoms with Crippen molar-refractivity contribution in [2.75, 3.05) is 0 Å². The van der Waals surface area contributed by atoms with Gasteiger partial charge in [-0.15, -0.1) is 0 Å². The van der Waals surface area contributed by atoms with E-state index in [-0.39, 0.29) is 11.9 Å². The number of nitriles is 1. The van der Waals surface area contributed by atoms with Crippen LogP contribution in [-0.4, -0.2) is 11.9 Å². The molecule has 1 atom stereocenters. The Morgan fingerprint density at radius 2 is 2.09 bits per heavy atom. The average Bonchev–Trinajstić information content (AvgIpc) is 2.86. The van der Waals surface area contributed by atoms with Crippen molar-refractivity contribution in [1.29, 1.82) is 5.26 Å². The molecule has 0 bridgehead atoms. The smallest absolute Gasteiger partial charge is 0.256 e. The first-order valence-corrected chi connectivity index (χ1v) is 6.52. The van der Waals surface area contributed by atoms with E-state index in [2.05, 4.69) is 10.3 Å². The van der Waals surface area contributed by atoms with Crippen LogP contribution in [-0.2, 0) is 4.79 Å². The number of halogens is 1. The van der Waals surface area contributed by atoms with Crippen LogP contribution < -0.4 is 11.1 Å². The highest BCUT2D eigenvalue weighted by Crippen LogP contribution is 2.29. The molecule has 1 unspecified atom stereocenters. The predicted octanol–water partition coefficient (Wildman–Crippen LogP) is 1.85. The molecule has 3 N–H and O–H groups in total. The van der Waals surface area contributed by atoms with Crippen LogP contribution in [0.4, 0.5) is 4.39 Å². The van der Waals surface area contributed by atoms with Gasteiger partial charge in [-0.1, -0.05) is 18.2 Å². The van der Waals surface area contributed by atoms with Gasteiger partial charge in [-0.3, -0.25) is 10.1 Å². The van der Waals surface area contributed by atoms with Crippen molar-refractivity contribution in [3.05, 3.63) is 59.4 Å². The summed E-state index contributed by atoms with van der Waals surface area (Å²) in [6, 6.07) is 12.2. The van der Waals surface area contributed by atoms with Crippen LogP contribution in [0.25, 0.3) is 11.1 Å². The number of nitrogens with one attached hydrogen (secondary N) is 1. The first-order valence-electron chi connectivity index (χ1n) is 6.52. The lowest BCUT2D eigenvalue weighted by atomic mass is 9.98. The third kappa shape index (κ3) is 2.40. The summed E-state index contributed by atoms with van der Waals surface area (Å²) in [5, 5.41) is 11.4. The fraction of sp³-hybridized carbons (Fsp3) is 0.0625. The minimum atomic E-state index is -0.779. The lowest BCUT2D eigenvalue weighted by Crippen LogP contribution is -2.31. The minimum Gasteiger partial charge on any atom is -0.370 e. The summed E-state index contributed by atoms with van der Waals surface area (Å²) in [6.07, 6.45) is 0. The fourth-order valence-corrected chi connectivity index (χ4v) is 2.34. The van der Waals surface area contributed by atoms with E-state index in [9.17, 15) is 9.18 Å². The molecule has 0 radical (unpaired) electrons. The van der Waals surface area contributed by atoms with E-state index in [4.69, 9.17) is 11.0 Å². The molecule has 2 aromatic carbocycles. The molecule has 0 aromatic heterocycles. The Morgan fingerprint density at radius 1 is 1.27 bits per heavy atom. The van der Waals surface area contributed by atoms with Crippen molar-refractivity contribution >= 4 is 11.9 Å². The van der Waals surface area contributed by atoms with Crippen LogP contribution in [0.1, 0.15) is 17.2 Å². The maximum Gasteiger partial charge on any atom is 0.256 e. The molecule has 22 heavy (non-hydrogen) atoms. The Labute approximate surface area is 125 Å². The maximum absolute atomic E-state index is 14.1. The number of amides is 1. The molecule has 1 aliphatic heterocycles. The second-order valence-corrected chi connectivity index (χ2v) is 4.84. The summed E-state index contributed by atoms with van der Waals surface area (Å²) in [5.41, 5.74) is 7.32. The third-order valence-corrected chi connectivity index (χ3v) is 3.38. The molecule has 1 aliphatic rings. The minimum absolute atomic E-state index is 0.0485. The topological polar surface area (TPSA) is 91.3 Å². The van der Waals surface area contributed by atoms with Crippen molar-refractivity contribution < 1.29 is 9.18 Å². The molecule has 0 spiro atoms. The number of hydrogen-bond acceptors (Lipinski definition) is 4. The maximum atomic E-state index is 14.1. The summed E-state index contributed by atoms with van der Waals surface area (Å²) in [7, 11) is 0. The molecule has 108 valence electrons. The molecule has 0 fully saturated rings. The molecule has 6 heteroatoms. The van der Waals surface area contributed by atoms with Gasteiger partial charge in [-0.2, -0.15) is 5.26 Å². The molecule has 1 heterocycles. The van der Waals surface area contributed by atoms with Crippen molar-refractivity contribution in [2.24, 2.45) is 10.7 Å². The summed E-state index contributed by atoms with van der Waals surface area (Å²) < 4.78 is 14.1. The molecule has 0 saturated heterocycles. The number of hydrogen-bond donors (Lipinski definition) is 2. The second-order valence-electron chi connectivity index (χ2n) is 4.84. The van der Waals surface area contributed by atoms with Crippen molar-refractivity contribution in [3.8, 4) is 17.2 Å². The van der Waals surface area contributed by atoms with Gasteiger partial charge in [0.25, 0.3) is 5.91 Å². The molecular weight excluding hydrogens is 283 g/mol. The lowest BCUT2D eigenvalue weighted by Gasteiger charge is -2.09. The second kappa shape index (κ2) is 5.30. The van der Waals surface area contributed by atoms with E-state index in [0.717, 1.165) is 0 Å². The van der Waals surface area contributed by atoms with E-state index in [1.807, 2.05) is 6.07 Å². The van der Waals surface area contributed by atoms with E-state index in [1.54, 1.807) is 30.3 Å². The van der Waals surface area contributed by atoms with Gasteiger partial charge in [-0.25, -0.2) is 9.38 Å².